The Balaban J connectivity index is 0.000000806. The molecule has 2 aromatic rings. The number of rotatable bonds is 4. The summed E-state index contributed by atoms with van der Waals surface area (Å²) in [5.74, 6) is 0.596. The normalized spacial score (nSPS) is 25.1. The molecule has 4 rings (SSSR count). The van der Waals surface area contributed by atoms with Gasteiger partial charge in [-0.2, -0.15) is 4.98 Å². The summed E-state index contributed by atoms with van der Waals surface area (Å²) in [4.78, 5) is 15.5. The van der Waals surface area contributed by atoms with Gasteiger partial charge >= 0.3 is 14.3 Å². The molecule has 30 heavy (non-hydrogen) atoms. The number of aromatic nitrogens is 2. The average molecular weight is 468 g/mol. The number of halogens is 4. The van der Waals surface area contributed by atoms with Crippen LogP contribution in [0.15, 0.2) is 35.3 Å². The molecule has 0 radical (unpaired) electrons. The second-order valence-corrected chi connectivity index (χ2v) is 7.71. The van der Waals surface area contributed by atoms with Gasteiger partial charge in [-0.1, -0.05) is 29.8 Å². The number of para-hydroxylation sites is 1. The van der Waals surface area contributed by atoms with Crippen molar-refractivity contribution in [2.24, 2.45) is 0 Å². The Morgan fingerprint density at radius 2 is 2.10 bits per heavy atom. The first-order valence-electron chi connectivity index (χ1n) is 8.70. The van der Waals surface area contributed by atoms with E-state index in [4.69, 9.17) is 35.6 Å². The van der Waals surface area contributed by atoms with Crippen molar-refractivity contribution in [3.8, 4) is 5.75 Å². The van der Waals surface area contributed by atoms with Gasteiger partial charge in [0.2, 0.25) is 6.93 Å². The highest BCUT2D eigenvalue weighted by Crippen LogP contribution is 2.47. The van der Waals surface area contributed by atoms with Crippen LogP contribution in [0.25, 0.3) is 0 Å². The molecule has 164 valence electrons. The van der Waals surface area contributed by atoms with E-state index in [1.54, 1.807) is 0 Å². The molecule has 1 aromatic carbocycles. The molecule has 4 unspecified atom stereocenters. The van der Waals surface area contributed by atoms with Gasteiger partial charge < -0.3 is 15.0 Å². The molecule has 2 aliphatic rings. The largest absolute Gasteiger partial charge is 0.426 e. The third-order valence-electron chi connectivity index (χ3n) is 4.17. The highest BCUT2D eigenvalue weighted by atomic mass is 35.5. The molecule has 0 saturated carbocycles. The standard InChI is InChI=1S/C16H16ClFN3O5P.CH2F2/c17-11-6-21(16(22)20-14(11)19)15-12(18)5-10(25-15)8-24-27-23-7-9-3-1-2-4-13(9)26-27;2-1-3/h1-4,6,10,12,15H,5,7-8H2,(H2,19,20,22);1H2. The summed E-state index contributed by atoms with van der Waals surface area (Å²) in [7, 11) is -1.59. The number of benzene rings is 1. The monoisotopic (exact) mass is 467 g/mol. The number of nitrogens with two attached hydrogens (primary N) is 1. The van der Waals surface area contributed by atoms with Crippen molar-refractivity contribution < 1.29 is 31.5 Å². The van der Waals surface area contributed by atoms with Crippen molar-refractivity contribution in [2.45, 2.75) is 31.5 Å². The second-order valence-electron chi connectivity index (χ2n) is 6.16. The van der Waals surface area contributed by atoms with Gasteiger partial charge in [-0.15, -0.1) is 0 Å². The average Bonchev–Trinajstić information content (AvgIpc) is 3.10. The number of nitrogens with zero attached hydrogens (tertiary/aromatic N) is 2. The van der Waals surface area contributed by atoms with Crippen LogP contribution in [0.5, 0.6) is 5.75 Å². The smallest absolute Gasteiger partial charge is 0.397 e. The quantitative estimate of drug-likeness (QED) is 0.682. The molecule has 2 N–H and O–H groups in total. The number of alkyl halides is 3. The third kappa shape index (κ3) is 5.41. The first kappa shape index (κ1) is 22.8. The molecule has 0 aliphatic carbocycles. The Morgan fingerprint density at radius 3 is 2.87 bits per heavy atom. The van der Waals surface area contributed by atoms with Crippen LogP contribution in [0.1, 0.15) is 18.2 Å². The molecule has 13 heteroatoms. The third-order valence-corrected chi connectivity index (χ3v) is 5.51. The zero-order chi connectivity index (χ0) is 21.7. The Morgan fingerprint density at radius 1 is 1.37 bits per heavy atom. The lowest BCUT2D eigenvalue weighted by Gasteiger charge is -2.24. The maximum Gasteiger partial charge on any atom is 0.397 e. The zero-order valence-corrected chi connectivity index (χ0v) is 17.1. The van der Waals surface area contributed by atoms with Gasteiger partial charge in [0.15, 0.2) is 6.23 Å². The first-order valence-corrected chi connectivity index (χ1v) is 10.2. The number of hydrogen-bond acceptors (Lipinski definition) is 7. The van der Waals surface area contributed by atoms with E-state index < -0.39 is 39.7 Å². The fourth-order valence-electron chi connectivity index (χ4n) is 2.84. The maximum atomic E-state index is 14.4. The lowest BCUT2D eigenvalue weighted by Crippen LogP contribution is -2.31. The van der Waals surface area contributed by atoms with E-state index in [9.17, 15) is 18.0 Å². The van der Waals surface area contributed by atoms with Crippen LogP contribution in [0, 0.1) is 0 Å². The molecular weight excluding hydrogens is 450 g/mol. The number of hydrogen-bond donors (Lipinski definition) is 1. The van der Waals surface area contributed by atoms with E-state index in [0.29, 0.717) is 12.4 Å². The number of fused-ring (bicyclic) bond motifs is 1. The minimum atomic E-state index is -1.75. The minimum absolute atomic E-state index is 0.0521. The summed E-state index contributed by atoms with van der Waals surface area (Å²) in [6.07, 6.45) is -1.85. The van der Waals surface area contributed by atoms with Crippen LogP contribution >= 0.6 is 20.2 Å². The molecule has 4 atom stereocenters. The zero-order valence-electron chi connectivity index (χ0n) is 15.4. The summed E-state index contributed by atoms with van der Waals surface area (Å²) < 4.78 is 57.1. The first-order chi connectivity index (χ1) is 14.4. The second kappa shape index (κ2) is 10.4. The van der Waals surface area contributed by atoms with Gasteiger partial charge in [-0.3, -0.25) is 13.6 Å². The van der Waals surface area contributed by atoms with Crippen LogP contribution < -0.4 is 15.9 Å². The summed E-state index contributed by atoms with van der Waals surface area (Å²) >= 11 is 5.87. The molecule has 1 aromatic heterocycles. The number of ether oxygens (including phenoxy) is 1. The fraction of sp³-hybridized carbons (Fsp3) is 0.412. The van der Waals surface area contributed by atoms with E-state index in [2.05, 4.69) is 4.98 Å². The minimum Gasteiger partial charge on any atom is -0.426 e. The summed E-state index contributed by atoms with van der Waals surface area (Å²) in [5, 5.41) is 0.0521. The highest BCUT2D eigenvalue weighted by molar-refractivity contribution is 7.42. The van der Waals surface area contributed by atoms with Gasteiger partial charge in [-0.05, 0) is 6.07 Å². The van der Waals surface area contributed by atoms with Crippen LogP contribution in [0.2, 0.25) is 5.02 Å². The molecule has 1 saturated heterocycles. The molecular formula is C17H18ClF3N3O5P. The Hall–Kier alpha value is -1.91. The molecule has 1 fully saturated rings. The fourth-order valence-corrected chi connectivity index (χ4v) is 4.04. The van der Waals surface area contributed by atoms with Gasteiger partial charge in [0.25, 0.3) is 0 Å². The van der Waals surface area contributed by atoms with E-state index in [1.165, 1.54) is 6.20 Å². The van der Waals surface area contributed by atoms with Crippen LogP contribution in [0.3, 0.4) is 0 Å². The van der Waals surface area contributed by atoms with Crippen molar-refractivity contribution in [1.29, 1.82) is 0 Å². The predicted molar refractivity (Wildman–Crippen MR) is 103 cm³/mol. The van der Waals surface area contributed by atoms with Crippen molar-refractivity contribution in [1.82, 2.24) is 9.55 Å². The lowest BCUT2D eigenvalue weighted by molar-refractivity contribution is -0.0377. The van der Waals surface area contributed by atoms with Crippen LogP contribution in [0.4, 0.5) is 19.0 Å². The summed E-state index contributed by atoms with van der Waals surface area (Å²) in [6, 6.07) is 7.50. The maximum absolute atomic E-state index is 14.4. The van der Waals surface area contributed by atoms with Crippen LogP contribution in [-0.2, 0) is 20.4 Å². The van der Waals surface area contributed by atoms with Crippen molar-refractivity contribution >= 4 is 26.0 Å². The van der Waals surface area contributed by atoms with Gasteiger partial charge in [0, 0.05) is 18.2 Å². The Bertz CT molecular complexity index is 924. The van der Waals surface area contributed by atoms with Crippen molar-refractivity contribution in [3.05, 3.63) is 51.5 Å². The summed E-state index contributed by atoms with van der Waals surface area (Å²) in [6.45, 7) is -1.30. The molecule has 0 bridgehead atoms. The molecule has 3 heterocycles. The van der Waals surface area contributed by atoms with E-state index in [1.807, 2.05) is 24.3 Å². The summed E-state index contributed by atoms with van der Waals surface area (Å²) in [5.41, 5.74) is 5.69. The Kier molecular flexibility index (Phi) is 7.90. The molecule has 2 aliphatic heterocycles. The van der Waals surface area contributed by atoms with E-state index in [-0.39, 0.29) is 23.9 Å². The van der Waals surface area contributed by atoms with Gasteiger partial charge in [0.1, 0.15) is 17.7 Å². The Labute approximate surface area is 175 Å². The SMILES string of the molecule is FCF.Nc1nc(=O)n(C2OC(COP3OCc4ccccc4O3)CC2F)cc1Cl. The lowest BCUT2D eigenvalue weighted by atomic mass is 10.2. The van der Waals surface area contributed by atoms with Crippen molar-refractivity contribution in [3.63, 3.8) is 0 Å². The van der Waals surface area contributed by atoms with Crippen LogP contribution in [-0.4, -0.2) is 35.4 Å². The highest BCUT2D eigenvalue weighted by Gasteiger charge is 2.38. The number of anilines is 1. The molecule has 8 nitrogen and oxygen atoms in total. The molecule has 0 spiro atoms. The van der Waals surface area contributed by atoms with Crippen molar-refractivity contribution in [2.75, 3.05) is 19.3 Å². The van der Waals surface area contributed by atoms with E-state index >= 15 is 0 Å². The topological polar surface area (TPSA) is 97.8 Å². The van der Waals surface area contributed by atoms with Gasteiger partial charge in [0.05, 0.1) is 24.3 Å². The number of nitrogen functional groups attached to an aromatic ring is 1. The van der Waals surface area contributed by atoms with E-state index in [0.717, 1.165) is 10.1 Å². The molecule has 0 amide bonds. The van der Waals surface area contributed by atoms with Gasteiger partial charge in [-0.25, -0.2) is 18.0 Å². The predicted octanol–water partition coefficient (Wildman–Crippen LogP) is 3.84.